The van der Waals surface area contributed by atoms with Crippen molar-refractivity contribution in [3.05, 3.63) is 0 Å². The molecule has 0 aromatic carbocycles. The van der Waals surface area contributed by atoms with Gasteiger partial charge in [0.1, 0.15) is 6.67 Å². The molecule has 14 heavy (non-hydrogen) atoms. The van der Waals surface area contributed by atoms with Gasteiger partial charge in [0, 0.05) is 0 Å². The zero-order valence-corrected chi connectivity index (χ0v) is 8.77. The Morgan fingerprint density at radius 1 is 1.57 bits per heavy atom. The van der Waals surface area contributed by atoms with Crippen LogP contribution in [0.1, 0.15) is 13.3 Å². The standard InChI is InChI=1S/C8H14FNO3S/c1-2-3-14-5-7(11)10-6(4-9)8(12)13/h6H,2-5H2,1H3,(H,10,11)(H,12,13). The van der Waals surface area contributed by atoms with Gasteiger partial charge in [-0.3, -0.25) is 4.79 Å². The second-order valence-electron chi connectivity index (χ2n) is 2.67. The largest absolute Gasteiger partial charge is 0.480 e. The minimum Gasteiger partial charge on any atom is -0.480 e. The Morgan fingerprint density at radius 2 is 2.21 bits per heavy atom. The molecule has 0 aliphatic carbocycles. The first-order valence-corrected chi connectivity index (χ1v) is 5.43. The van der Waals surface area contributed by atoms with Crippen LogP contribution >= 0.6 is 11.8 Å². The molecule has 1 atom stereocenters. The molecule has 1 amide bonds. The molecule has 0 aliphatic rings. The number of thioether (sulfide) groups is 1. The first-order valence-electron chi connectivity index (χ1n) is 4.27. The van der Waals surface area contributed by atoms with Gasteiger partial charge in [-0.25, -0.2) is 9.18 Å². The lowest BCUT2D eigenvalue weighted by molar-refractivity contribution is -0.141. The second-order valence-corrected chi connectivity index (χ2v) is 3.77. The average molecular weight is 223 g/mol. The number of hydrogen-bond acceptors (Lipinski definition) is 3. The van der Waals surface area contributed by atoms with Crippen molar-refractivity contribution in [2.75, 3.05) is 18.2 Å². The maximum absolute atomic E-state index is 12.1. The van der Waals surface area contributed by atoms with Crippen LogP contribution < -0.4 is 5.32 Å². The third-order valence-electron chi connectivity index (χ3n) is 1.37. The highest BCUT2D eigenvalue weighted by atomic mass is 32.2. The van der Waals surface area contributed by atoms with Gasteiger partial charge < -0.3 is 10.4 Å². The first kappa shape index (κ1) is 13.2. The topological polar surface area (TPSA) is 66.4 Å². The maximum atomic E-state index is 12.1. The molecule has 0 heterocycles. The number of amides is 1. The normalized spacial score (nSPS) is 12.1. The quantitative estimate of drug-likeness (QED) is 0.622. The van der Waals surface area contributed by atoms with Crippen LogP contribution in [0.2, 0.25) is 0 Å². The summed E-state index contributed by atoms with van der Waals surface area (Å²) in [5, 5.41) is 10.5. The molecule has 0 saturated heterocycles. The van der Waals surface area contributed by atoms with E-state index in [2.05, 4.69) is 5.32 Å². The minimum atomic E-state index is -1.41. The number of nitrogens with one attached hydrogen (secondary N) is 1. The number of halogens is 1. The van der Waals surface area contributed by atoms with Crippen LogP contribution in [0.5, 0.6) is 0 Å². The lowest BCUT2D eigenvalue weighted by atomic mass is 10.3. The van der Waals surface area contributed by atoms with Crippen molar-refractivity contribution in [2.45, 2.75) is 19.4 Å². The van der Waals surface area contributed by atoms with E-state index in [9.17, 15) is 14.0 Å². The highest BCUT2D eigenvalue weighted by molar-refractivity contribution is 7.99. The second kappa shape index (κ2) is 7.61. The number of carboxylic acids is 1. The van der Waals surface area contributed by atoms with E-state index in [0.29, 0.717) is 0 Å². The van der Waals surface area contributed by atoms with E-state index >= 15 is 0 Å². The molecule has 2 N–H and O–H groups in total. The van der Waals surface area contributed by atoms with Crippen molar-refractivity contribution in [1.29, 1.82) is 0 Å². The highest BCUT2D eigenvalue weighted by Gasteiger charge is 2.18. The van der Waals surface area contributed by atoms with Gasteiger partial charge in [-0.2, -0.15) is 11.8 Å². The van der Waals surface area contributed by atoms with Gasteiger partial charge in [-0.05, 0) is 12.2 Å². The fourth-order valence-corrected chi connectivity index (χ4v) is 1.41. The Bertz CT molecular complexity index is 201. The molecule has 0 aliphatic heterocycles. The maximum Gasteiger partial charge on any atom is 0.328 e. The lowest BCUT2D eigenvalue weighted by Gasteiger charge is -2.09. The van der Waals surface area contributed by atoms with Crippen LogP contribution in [-0.2, 0) is 9.59 Å². The van der Waals surface area contributed by atoms with E-state index in [0.717, 1.165) is 12.2 Å². The Balaban J connectivity index is 3.74. The van der Waals surface area contributed by atoms with Crippen LogP contribution in [0, 0.1) is 0 Å². The molecule has 82 valence electrons. The van der Waals surface area contributed by atoms with Gasteiger partial charge in [-0.15, -0.1) is 0 Å². The van der Waals surface area contributed by atoms with E-state index in [-0.39, 0.29) is 5.75 Å². The SMILES string of the molecule is CCCSCC(=O)NC(CF)C(=O)O. The predicted octanol–water partition coefficient (Wildman–Crippen LogP) is 0.668. The Morgan fingerprint density at radius 3 is 2.64 bits per heavy atom. The van der Waals surface area contributed by atoms with E-state index in [1.807, 2.05) is 6.92 Å². The molecule has 0 rings (SSSR count). The van der Waals surface area contributed by atoms with Crippen molar-refractivity contribution >= 4 is 23.6 Å². The molecular weight excluding hydrogens is 209 g/mol. The van der Waals surface area contributed by atoms with Gasteiger partial charge in [0.25, 0.3) is 0 Å². The zero-order chi connectivity index (χ0) is 11.0. The molecule has 0 saturated carbocycles. The van der Waals surface area contributed by atoms with Crippen LogP contribution in [-0.4, -0.2) is 41.2 Å². The summed E-state index contributed by atoms with van der Waals surface area (Å²) in [5.74, 6) is -0.770. The van der Waals surface area contributed by atoms with Crippen molar-refractivity contribution in [3.8, 4) is 0 Å². The number of carbonyl (C=O) groups excluding carboxylic acids is 1. The summed E-state index contributed by atoms with van der Waals surface area (Å²) in [6, 6.07) is -1.41. The number of carboxylic acid groups (broad SMARTS) is 1. The summed E-state index contributed by atoms with van der Waals surface area (Å²) in [5.41, 5.74) is 0. The fourth-order valence-electron chi connectivity index (χ4n) is 0.712. The molecule has 0 spiro atoms. The van der Waals surface area contributed by atoms with Gasteiger partial charge in [-0.1, -0.05) is 6.92 Å². The van der Waals surface area contributed by atoms with E-state index in [1.165, 1.54) is 11.8 Å². The molecule has 1 unspecified atom stereocenters. The smallest absolute Gasteiger partial charge is 0.328 e. The summed E-state index contributed by atoms with van der Waals surface area (Å²) in [7, 11) is 0. The number of rotatable bonds is 7. The van der Waals surface area contributed by atoms with Crippen molar-refractivity contribution in [2.24, 2.45) is 0 Å². The molecule has 6 heteroatoms. The number of alkyl halides is 1. The third-order valence-corrected chi connectivity index (χ3v) is 2.53. The van der Waals surface area contributed by atoms with Crippen molar-refractivity contribution < 1.29 is 19.1 Å². The highest BCUT2D eigenvalue weighted by Crippen LogP contribution is 2.01. The summed E-state index contributed by atoms with van der Waals surface area (Å²) in [6.45, 7) is 0.895. The van der Waals surface area contributed by atoms with E-state index < -0.39 is 24.6 Å². The fraction of sp³-hybridized carbons (Fsp3) is 0.750. The number of carbonyl (C=O) groups is 2. The number of hydrogen-bond donors (Lipinski definition) is 2. The molecule has 0 aromatic rings. The van der Waals surface area contributed by atoms with Crippen molar-refractivity contribution in [1.82, 2.24) is 5.32 Å². The van der Waals surface area contributed by atoms with Crippen LogP contribution in [0.4, 0.5) is 4.39 Å². The van der Waals surface area contributed by atoms with E-state index in [4.69, 9.17) is 5.11 Å². The Kier molecular flexibility index (Phi) is 7.18. The van der Waals surface area contributed by atoms with Crippen LogP contribution in [0.15, 0.2) is 0 Å². The molecule has 0 radical (unpaired) electrons. The summed E-state index contributed by atoms with van der Waals surface area (Å²) in [4.78, 5) is 21.4. The number of aliphatic carboxylic acids is 1. The van der Waals surface area contributed by atoms with E-state index in [1.54, 1.807) is 0 Å². The van der Waals surface area contributed by atoms with Crippen molar-refractivity contribution in [3.63, 3.8) is 0 Å². The third kappa shape index (κ3) is 5.80. The van der Waals surface area contributed by atoms with Gasteiger partial charge in [0.15, 0.2) is 6.04 Å². The van der Waals surface area contributed by atoms with Crippen LogP contribution in [0.3, 0.4) is 0 Å². The Hall–Kier alpha value is -0.780. The minimum absolute atomic E-state index is 0.178. The van der Waals surface area contributed by atoms with Gasteiger partial charge in [0.2, 0.25) is 5.91 Å². The van der Waals surface area contributed by atoms with Gasteiger partial charge >= 0.3 is 5.97 Å². The summed E-state index contributed by atoms with van der Waals surface area (Å²) >= 11 is 1.40. The lowest BCUT2D eigenvalue weighted by Crippen LogP contribution is -2.43. The first-order chi connectivity index (χ1) is 6.61. The van der Waals surface area contributed by atoms with Gasteiger partial charge in [0.05, 0.1) is 5.75 Å². The molecule has 0 fully saturated rings. The van der Waals surface area contributed by atoms with Crippen LogP contribution in [0.25, 0.3) is 0 Å². The predicted molar refractivity (Wildman–Crippen MR) is 53.2 cm³/mol. The molecule has 0 bridgehead atoms. The molecule has 0 aromatic heterocycles. The monoisotopic (exact) mass is 223 g/mol. The Labute approximate surface area is 86.2 Å². The summed E-state index contributed by atoms with van der Waals surface area (Å²) in [6.07, 6.45) is 0.948. The average Bonchev–Trinajstić information content (AvgIpc) is 2.14. The summed E-state index contributed by atoms with van der Waals surface area (Å²) < 4.78 is 12.1. The molecule has 4 nitrogen and oxygen atoms in total. The molecular formula is C8H14FNO3S. The zero-order valence-electron chi connectivity index (χ0n) is 7.96.